The van der Waals surface area contributed by atoms with Crippen LogP contribution in [0.2, 0.25) is 0 Å². The van der Waals surface area contributed by atoms with E-state index in [0.29, 0.717) is 38.6 Å². The largest absolute Gasteiger partial charge is 0.466 e. The van der Waals surface area contributed by atoms with Gasteiger partial charge in [-0.1, -0.05) is 41.7 Å². The van der Waals surface area contributed by atoms with E-state index in [0.717, 1.165) is 11.3 Å². The average molecular weight is 504 g/mol. The van der Waals surface area contributed by atoms with Gasteiger partial charge < -0.3 is 14.4 Å². The number of hydrogen-bond acceptors (Lipinski definition) is 8. The van der Waals surface area contributed by atoms with Gasteiger partial charge >= 0.3 is 11.9 Å². The lowest BCUT2D eigenvalue weighted by molar-refractivity contribution is -0.136. The van der Waals surface area contributed by atoms with E-state index in [2.05, 4.69) is 4.99 Å². The number of carbonyl (C=O) groups excluding carboxylic acids is 3. The summed E-state index contributed by atoms with van der Waals surface area (Å²) in [4.78, 5) is 57.6. The number of thiazole rings is 1. The fraction of sp³-hybridized carbons (Fsp3) is 0.192. The molecule has 36 heavy (non-hydrogen) atoms. The van der Waals surface area contributed by atoms with Crippen LogP contribution in [0.4, 0.5) is 5.69 Å². The highest BCUT2D eigenvalue weighted by atomic mass is 32.1. The highest BCUT2D eigenvalue weighted by Crippen LogP contribution is 2.34. The number of para-hydroxylation sites is 1. The molecule has 0 unspecified atom stereocenters. The van der Waals surface area contributed by atoms with E-state index < -0.39 is 23.5 Å². The number of aromatic nitrogens is 1. The van der Waals surface area contributed by atoms with Crippen molar-refractivity contribution < 1.29 is 23.9 Å². The standard InChI is InChI=1S/C26H21N3O6S/c1-13-19(25(33)34-4)21(15-9-11-16(12-10-15)35-14(2)30)29-24(32)22(36-26(29)27-13)20-17-7-5-6-8-18(17)28(3)23(20)31/h5-12,21H,1-4H3/b22-20-/t21-/m0/s1. The highest BCUT2D eigenvalue weighted by Gasteiger charge is 2.36. The van der Waals surface area contributed by atoms with Crippen LogP contribution in [0.25, 0.3) is 5.57 Å². The Labute approximate surface area is 209 Å². The molecule has 0 saturated heterocycles. The number of benzene rings is 2. The Morgan fingerprint density at radius 1 is 1.06 bits per heavy atom. The third-order valence-electron chi connectivity index (χ3n) is 6.14. The van der Waals surface area contributed by atoms with Crippen LogP contribution in [0, 0.1) is 0 Å². The van der Waals surface area contributed by atoms with Gasteiger partial charge in [0.05, 0.1) is 35.7 Å². The van der Waals surface area contributed by atoms with Crippen molar-refractivity contribution in [3.05, 3.63) is 90.6 Å². The molecule has 0 saturated carbocycles. The van der Waals surface area contributed by atoms with Crippen molar-refractivity contribution in [2.24, 2.45) is 4.99 Å². The van der Waals surface area contributed by atoms with Crippen LogP contribution in [0.3, 0.4) is 0 Å². The van der Waals surface area contributed by atoms with Crippen molar-refractivity contribution >= 4 is 40.4 Å². The first-order valence-electron chi connectivity index (χ1n) is 11.0. The van der Waals surface area contributed by atoms with Crippen molar-refractivity contribution in [3.8, 4) is 5.75 Å². The van der Waals surface area contributed by atoms with Gasteiger partial charge in [-0.2, -0.15) is 0 Å². The molecule has 0 fully saturated rings. The first-order valence-corrected chi connectivity index (χ1v) is 11.8. The molecule has 0 radical (unpaired) electrons. The Hall–Kier alpha value is -4.31. The zero-order valence-electron chi connectivity index (χ0n) is 19.9. The molecule has 1 amide bonds. The Kier molecular flexibility index (Phi) is 5.68. The summed E-state index contributed by atoms with van der Waals surface area (Å²) in [5.74, 6) is -1.04. The zero-order valence-corrected chi connectivity index (χ0v) is 20.7. The fourth-order valence-electron chi connectivity index (χ4n) is 4.53. The fourth-order valence-corrected chi connectivity index (χ4v) is 5.67. The van der Waals surface area contributed by atoms with Gasteiger partial charge in [0.15, 0.2) is 4.80 Å². The molecule has 0 N–H and O–H groups in total. The van der Waals surface area contributed by atoms with E-state index in [1.165, 1.54) is 23.5 Å². The van der Waals surface area contributed by atoms with Crippen molar-refractivity contribution in [2.45, 2.75) is 19.9 Å². The number of anilines is 1. The monoisotopic (exact) mass is 503 g/mol. The summed E-state index contributed by atoms with van der Waals surface area (Å²) >= 11 is 1.11. The predicted molar refractivity (Wildman–Crippen MR) is 132 cm³/mol. The maximum absolute atomic E-state index is 13.9. The van der Waals surface area contributed by atoms with Gasteiger partial charge in [0.25, 0.3) is 11.5 Å². The number of esters is 2. The molecule has 1 aromatic heterocycles. The molecule has 5 rings (SSSR count). The maximum Gasteiger partial charge on any atom is 0.338 e. The minimum Gasteiger partial charge on any atom is -0.466 e. The second kappa shape index (κ2) is 8.72. The summed E-state index contributed by atoms with van der Waals surface area (Å²) in [5.41, 5.74) is 2.46. The van der Waals surface area contributed by atoms with Crippen molar-refractivity contribution in [2.75, 3.05) is 19.1 Å². The summed E-state index contributed by atoms with van der Waals surface area (Å²) < 4.78 is 11.8. The quantitative estimate of drug-likeness (QED) is 0.398. The number of rotatable bonds is 3. The molecule has 1 atom stereocenters. The number of methoxy groups -OCH3 is 1. The first-order chi connectivity index (χ1) is 17.2. The smallest absolute Gasteiger partial charge is 0.338 e. The zero-order chi connectivity index (χ0) is 25.7. The molecule has 0 aliphatic carbocycles. The van der Waals surface area contributed by atoms with Crippen LogP contribution < -0.4 is 24.5 Å². The minimum atomic E-state index is -0.848. The molecular formula is C26H21N3O6S. The third-order valence-corrected chi connectivity index (χ3v) is 7.19. The minimum absolute atomic E-state index is 0.206. The SMILES string of the molecule is COC(=O)C1=C(C)N=c2s/c(=C3\C(=O)N(C)c4ccccc43)c(=O)n2[C@H]1c1ccc(OC(C)=O)cc1. The molecule has 0 spiro atoms. The van der Waals surface area contributed by atoms with E-state index in [1.54, 1.807) is 44.3 Å². The van der Waals surface area contributed by atoms with Crippen LogP contribution in [-0.4, -0.2) is 36.6 Å². The lowest BCUT2D eigenvalue weighted by Crippen LogP contribution is -2.40. The molecule has 182 valence electrons. The topological polar surface area (TPSA) is 107 Å². The summed E-state index contributed by atoms with van der Waals surface area (Å²) in [7, 11) is 2.93. The molecule has 0 bridgehead atoms. The molecule has 9 nitrogen and oxygen atoms in total. The highest BCUT2D eigenvalue weighted by molar-refractivity contribution is 7.07. The molecule has 10 heteroatoms. The second-order valence-corrected chi connectivity index (χ2v) is 9.29. The number of likely N-dealkylation sites (N-methyl/N-ethyl adjacent to an activating group) is 1. The van der Waals surface area contributed by atoms with E-state index in [9.17, 15) is 19.2 Å². The molecular weight excluding hydrogens is 482 g/mol. The van der Waals surface area contributed by atoms with Gasteiger partial charge in [-0.25, -0.2) is 9.79 Å². The van der Waals surface area contributed by atoms with Gasteiger partial charge in [-0.15, -0.1) is 0 Å². The lowest BCUT2D eigenvalue weighted by Gasteiger charge is -2.24. The number of ether oxygens (including phenoxy) is 2. The Balaban J connectivity index is 1.78. The summed E-state index contributed by atoms with van der Waals surface area (Å²) in [6, 6.07) is 13.0. The number of hydrogen-bond donors (Lipinski definition) is 0. The Morgan fingerprint density at radius 3 is 2.42 bits per heavy atom. The van der Waals surface area contributed by atoms with Gasteiger partial charge in [0.1, 0.15) is 10.3 Å². The van der Waals surface area contributed by atoms with E-state index >= 15 is 0 Å². The van der Waals surface area contributed by atoms with E-state index in [1.807, 2.05) is 18.2 Å². The van der Waals surface area contributed by atoms with Gasteiger partial charge in [-0.05, 0) is 30.7 Å². The number of nitrogens with zero attached hydrogens (tertiary/aromatic N) is 3. The number of allylic oxidation sites excluding steroid dienone is 1. The number of amides is 1. The maximum atomic E-state index is 13.9. The van der Waals surface area contributed by atoms with Crippen molar-refractivity contribution in [3.63, 3.8) is 0 Å². The van der Waals surface area contributed by atoms with Crippen LogP contribution in [0.15, 0.2) is 69.6 Å². The Morgan fingerprint density at radius 2 is 1.75 bits per heavy atom. The van der Waals surface area contributed by atoms with Crippen LogP contribution in [0.5, 0.6) is 5.75 Å². The van der Waals surface area contributed by atoms with Crippen LogP contribution in [-0.2, 0) is 19.1 Å². The average Bonchev–Trinajstić information content (AvgIpc) is 3.30. The Bertz CT molecular complexity index is 1660. The van der Waals surface area contributed by atoms with E-state index in [-0.39, 0.29) is 16.0 Å². The molecule has 2 aromatic carbocycles. The van der Waals surface area contributed by atoms with Gasteiger partial charge in [0.2, 0.25) is 0 Å². The second-order valence-electron chi connectivity index (χ2n) is 8.31. The van der Waals surface area contributed by atoms with Gasteiger partial charge in [-0.3, -0.25) is 19.0 Å². The van der Waals surface area contributed by atoms with Gasteiger partial charge in [0, 0.05) is 19.5 Å². The molecule has 2 aliphatic rings. The van der Waals surface area contributed by atoms with E-state index in [4.69, 9.17) is 9.47 Å². The van der Waals surface area contributed by atoms with Crippen LogP contribution >= 0.6 is 11.3 Å². The molecule has 3 aromatic rings. The predicted octanol–water partition coefficient (Wildman–Crippen LogP) is 1.68. The number of carbonyl (C=O) groups is 3. The third kappa shape index (κ3) is 3.57. The normalized spacial score (nSPS) is 17.9. The number of fused-ring (bicyclic) bond motifs is 2. The lowest BCUT2D eigenvalue weighted by atomic mass is 9.96. The summed E-state index contributed by atoms with van der Waals surface area (Å²) in [5, 5.41) is 0. The molecule has 2 aliphatic heterocycles. The van der Waals surface area contributed by atoms with Crippen molar-refractivity contribution in [1.29, 1.82) is 0 Å². The summed E-state index contributed by atoms with van der Waals surface area (Å²) in [6.45, 7) is 2.98. The van der Waals surface area contributed by atoms with Crippen LogP contribution in [0.1, 0.15) is 31.0 Å². The summed E-state index contributed by atoms with van der Waals surface area (Å²) in [6.07, 6.45) is 0. The first kappa shape index (κ1) is 23.4. The van der Waals surface area contributed by atoms with Crippen molar-refractivity contribution in [1.82, 2.24) is 4.57 Å². The molecule has 3 heterocycles.